The highest BCUT2D eigenvalue weighted by molar-refractivity contribution is 5.95. The monoisotopic (exact) mass is 568 g/mol. The van der Waals surface area contributed by atoms with E-state index in [0.29, 0.717) is 0 Å². The second-order valence-corrected chi connectivity index (χ2v) is 10.4. The number of hydrogen-bond donors (Lipinski definition) is 0. The first-order valence-electron chi connectivity index (χ1n) is 13.0. The molecular formula is C26H34F2N4O8. The predicted octanol–water partition coefficient (Wildman–Crippen LogP) is 3.89. The molecule has 14 heteroatoms. The number of carbonyl (C=O) groups excluding carboxylic acids is 2. The SMILES string of the molecule is CCn1cc(C(=O)OCCCCO[N+](=O)[O-])c(=O)c2cc(F)c(N3CCN(C(=O)OC(C)(C)C)C(C)C3)c(F)c21. The number of aryl methyl sites for hydroxylation is 1. The zero-order chi connectivity index (χ0) is 29.8. The van der Waals surface area contributed by atoms with Gasteiger partial charge >= 0.3 is 12.1 Å². The van der Waals surface area contributed by atoms with Crippen LogP contribution in [-0.2, 0) is 20.9 Å². The first-order valence-corrected chi connectivity index (χ1v) is 13.0. The average Bonchev–Trinajstić information content (AvgIpc) is 2.85. The first kappa shape index (κ1) is 30.6. The summed E-state index contributed by atoms with van der Waals surface area (Å²) in [5.41, 5.74) is -2.43. The summed E-state index contributed by atoms with van der Waals surface area (Å²) >= 11 is 0. The van der Waals surface area contributed by atoms with E-state index in [9.17, 15) is 24.5 Å². The molecular weight excluding hydrogens is 534 g/mol. The van der Waals surface area contributed by atoms with E-state index in [0.717, 1.165) is 6.07 Å². The van der Waals surface area contributed by atoms with Crippen LogP contribution in [0.1, 0.15) is 57.8 Å². The van der Waals surface area contributed by atoms with E-state index < -0.39 is 45.9 Å². The average molecular weight is 569 g/mol. The van der Waals surface area contributed by atoms with Gasteiger partial charge < -0.3 is 28.7 Å². The lowest BCUT2D eigenvalue weighted by molar-refractivity contribution is -0.757. The Morgan fingerprint density at radius 3 is 2.45 bits per heavy atom. The highest BCUT2D eigenvalue weighted by atomic mass is 19.1. The summed E-state index contributed by atoms with van der Waals surface area (Å²) in [5, 5.41) is 8.93. The number of unbranched alkanes of at least 4 members (excludes halogenated alkanes) is 1. The van der Waals surface area contributed by atoms with Gasteiger partial charge in [0.2, 0.25) is 5.43 Å². The minimum absolute atomic E-state index is 0.126. The van der Waals surface area contributed by atoms with Crippen molar-refractivity contribution in [2.24, 2.45) is 0 Å². The lowest BCUT2D eigenvalue weighted by atomic mass is 10.1. The van der Waals surface area contributed by atoms with Crippen molar-refractivity contribution >= 4 is 28.7 Å². The van der Waals surface area contributed by atoms with Crippen molar-refractivity contribution in [1.82, 2.24) is 9.47 Å². The molecule has 1 aliphatic rings. The molecule has 220 valence electrons. The Morgan fingerprint density at radius 2 is 1.85 bits per heavy atom. The summed E-state index contributed by atoms with van der Waals surface area (Å²) in [6, 6.07) is 0.508. The third kappa shape index (κ3) is 6.96. The molecule has 0 N–H and O–H groups in total. The van der Waals surface area contributed by atoms with Crippen molar-refractivity contribution in [2.75, 3.05) is 37.7 Å². The number of benzene rings is 1. The van der Waals surface area contributed by atoms with E-state index in [1.807, 2.05) is 0 Å². The molecule has 1 aromatic carbocycles. The smallest absolute Gasteiger partial charge is 0.410 e. The number of pyridine rings is 1. The van der Waals surface area contributed by atoms with Crippen molar-refractivity contribution in [2.45, 2.75) is 65.6 Å². The fraction of sp³-hybridized carbons (Fsp3) is 0.577. The van der Waals surface area contributed by atoms with E-state index in [4.69, 9.17) is 9.47 Å². The number of ether oxygens (including phenoxy) is 2. The Hall–Kier alpha value is -3.97. The molecule has 1 amide bonds. The first-order chi connectivity index (χ1) is 18.7. The fourth-order valence-electron chi connectivity index (χ4n) is 4.50. The van der Waals surface area contributed by atoms with Gasteiger partial charge in [-0.05, 0) is 53.5 Å². The highest BCUT2D eigenvalue weighted by Gasteiger charge is 2.34. The maximum absolute atomic E-state index is 15.9. The van der Waals surface area contributed by atoms with E-state index >= 15 is 8.78 Å². The Kier molecular flexibility index (Phi) is 9.53. The number of fused-ring (bicyclic) bond motifs is 1. The van der Waals surface area contributed by atoms with E-state index in [2.05, 4.69) is 4.84 Å². The van der Waals surface area contributed by atoms with Gasteiger partial charge in [0.1, 0.15) is 22.7 Å². The van der Waals surface area contributed by atoms with E-state index in [1.54, 1.807) is 34.6 Å². The van der Waals surface area contributed by atoms with Crippen molar-refractivity contribution < 1.29 is 37.8 Å². The molecule has 0 radical (unpaired) electrons. The van der Waals surface area contributed by atoms with Crippen LogP contribution in [0.15, 0.2) is 17.1 Å². The molecule has 3 rings (SSSR count). The van der Waals surface area contributed by atoms with Crippen LogP contribution in [0.3, 0.4) is 0 Å². The molecule has 2 heterocycles. The number of hydrogen-bond acceptors (Lipinski definition) is 9. The van der Waals surface area contributed by atoms with Gasteiger partial charge in [0.05, 0.1) is 24.1 Å². The minimum Gasteiger partial charge on any atom is -0.462 e. The summed E-state index contributed by atoms with van der Waals surface area (Å²) < 4.78 is 43.2. The van der Waals surface area contributed by atoms with Gasteiger partial charge in [0.25, 0.3) is 5.09 Å². The van der Waals surface area contributed by atoms with Gasteiger partial charge in [-0.1, -0.05) is 0 Å². The quantitative estimate of drug-likeness (QED) is 0.191. The number of aromatic nitrogens is 1. The van der Waals surface area contributed by atoms with Gasteiger partial charge in [-0.15, -0.1) is 10.1 Å². The summed E-state index contributed by atoms with van der Waals surface area (Å²) in [5.74, 6) is -2.89. The van der Waals surface area contributed by atoms with Crippen molar-refractivity contribution in [3.63, 3.8) is 0 Å². The van der Waals surface area contributed by atoms with Crippen LogP contribution in [0.5, 0.6) is 0 Å². The third-order valence-corrected chi connectivity index (χ3v) is 6.33. The standard InChI is InChI=1S/C26H34F2N4O8/c1-6-29-15-18(24(34)38-11-7-8-12-39-32(36)37)23(33)17-13-19(27)22(20(28)21(17)29)30-9-10-31(16(2)14-30)25(35)40-26(3,4)5/h13,15-16H,6-12,14H2,1-5H3. The van der Waals surface area contributed by atoms with Crippen LogP contribution in [0.25, 0.3) is 10.9 Å². The number of nitrogens with zero attached hydrogens (tertiary/aromatic N) is 4. The molecule has 0 saturated carbocycles. The number of anilines is 1. The molecule has 0 bridgehead atoms. The molecule has 1 saturated heterocycles. The van der Waals surface area contributed by atoms with Gasteiger partial charge in [-0.25, -0.2) is 18.4 Å². The Balaban J connectivity index is 1.85. The number of rotatable bonds is 9. The normalized spacial score (nSPS) is 15.7. The molecule has 1 fully saturated rings. The second-order valence-electron chi connectivity index (χ2n) is 10.4. The highest BCUT2D eigenvalue weighted by Crippen LogP contribution is 2.32. The third-order valence-electron chi connectivity index (χ3n) is 6.33. The van der Waals surface area contributed by atoms with Gasteiger partial charge in [0.15, 0.2) is 5.82 Å². The number of carbonyl (C=O) groups is 2. The van der Waals surface area contributed by atoms with Gasteiger partial charge in [0, 0.05) is 38.4 Å². The molecule has 0 spiro atoms. The van der Waals surface area contributed by atoms with Crippen LogP contribution < -0.4 is 10.3 Å². The van der Waals surface area contributed by atoms with Crippen LogP contribution in [-0.4, -0.2) is 71.1 Å². The topological polar surface area (TPSA) is 133 Å². The van der Waals surface area contributed by atoms with E-state index in [1.165, 1.54) is 20.6 Å². The molecule has 40 heavy (non-hydrogen) atoms. The summed E-state index contributed by atoms with van der Waals surface area (Å²) in [6.45, 7) is 9.00. The summed E-state index contributed by atoms with van der Waals surface area (Å²) in [6.07, 6.45) is 1.16. The van der Waals surface area contributed by atoms with Crippen LogP contribution in [0, 0.1) is 21.7 Å². The maximum atomic E-state index is 15.9. The molecule has 1 unspecified atom stereocenters. The zero-order valence-electron chi connectivity index (χ0n) is 23.2. The van der Waals surface area contributed by atoms with Crippen molar-refractivity contribution in [3.8, 4) is 0 Å². The van der Waals surface area contributed by atoms with Crippen LogP contribution >= 0.6 is 0 Å². The Morgan fingerprint density at radius 1 is 1.18 bits per heavy atom. The molecule has 1 atom stereocenters. The summed E-state index contributed by atoms with van der Waals surface area (Å²) in [4.78, 5) is 55.6. The lowest BCUT2D eigenvalue weighted by Crippen LogP contribution is -2.55. The second kappa shape index (κ2) is 12.5. The molecule has 0 aliphatic carbocycles. The van der Waals surface area contributed by atoms with Crippen LogP contribution in [0.4, 0.5) is 19.3 Å². The Labute approximate surface area is 229 Å². The minimum atomic E-state index is -0.973. The van der Waals surface area contributed by atoms with Gasteiger partial charge in [-0.2, -0.15) is 0 Å². The largest absolute Gasteiger partial charge is 0.462 e. The number of halogens is 2. The molecule has 12 nitrogen and oxygen atoms in total. The number of piperazine rings is 1. The fourth-order valence-corrected chi connectivity index (χ4v) is 4.50. The maximum Gasteiger partial charge on any atom is 0.410 e. The molecule has 1 aromatic heterocycles. The molecule has 2 aromatic rings. The number of amides is 1. The number of esters is 1. The molecule has 1 aliphatic heterocycles. The lowest BCUT2D eigenvalue weighted by Gasteiger charge is -2.41. The van der Waals surface area contributed by atoms with Crippen LogP contribution in [0.2, 0.25) is 0 Å². The van der Waals surface area contributed by atoms with Crippen molar-refractivity contribution in [1.29, 1.82) is 0 Å². The Bertz CT molecular complexity index is 1340. The predicted molar refractivity (Wildman–Crippen MR) is 141 cm³/mol. The van der Waals surface area contributed by atoms with Gasteiger partial charge in [-0.3, -0.25) is 4.79 Å². The van der Waals surface area contributed by atoms with E-state index in [-0.39, 0.29) is 74.4 Å². The van der Waals surface area contributed by atoms with Crippen molar-refractivity contribution in [3.05, 3.63) is 49.8 Å². The zero-order valence-corrected chi connectivity index (χ0v) is 23.2. The summed E-state index contributed by atoms with van der Waals surface area (Å²) in [7, 11) is 0.